The van der Waals surface area contributed by atoms with Gasteiger partial charge >= 0.3 is 0 Å². The van der Waals surface area contributed by atoms with Gasteiger partial charge < -0.3 is 5.32 Å². The van der Waals surface area contributed by atoms with Crippen LogP contribution in [0, 0.1) is 0 Å². The summed E-state index contributed by atoms with van der Waals surface area (Å²) in [4.78, 5) is 16.5. The van der Waals surface area contributed by atoms with Crippen LogP contribution in [0.1, 0.15) is 49.8 Å². The number of carbonyl (C=O) groups is 1. The zero-order valence-corrected chi connectivity index (χ0v) is 14.2. The molecule has 1 amide bonds. The number of carbonyl (C=O) groups excluding carboxylic acids is 1. The van der Waals surface area contributed by atoms with Crippen LogP contribution in [0.2, 0.25) is 5.02 Å². The molecule has 0 aliphatic heterocycles. The number of halogens is 1. The van der Waals surface area contributed by atoms with Crippen LogP contribution in [-0.4, -0.2) is 10.9 Å². The van der Waals surface area contributed by atoms with Gasteiger partial charge in [-0.1, -0.05) is 55.6 Å². The highest BCUT2D eigenvalue weighted by Gasteiger charge is 2.14. The van der Waals surface area contributed by atoms with E-state index in [4.69, 9.17) is 11.6 Å². The average molecular weight is 331 g/mol. The first-order valence-electron chi connectivity index (χ1n) is 8.13. The first-order valence-corrected chi connectivity index (χ1v) is 8.51. The highest BCUT2D eigenvalue weighted by molar-refractivity contribution is 6.31. The van der Waals surface area contributed by atoms with Gasteiger partial charge in [0.25, 0.3) is 0 Å². The van der Waals surface area contributed by atoms with Gasteiger partial charge in [0.1, 0.15) is 0 Å². The second-order valence-electron chi connectivity index (χ2n) is 5.64. The normalized spacial score (nSPS) is 11.9. The smallest absolute Gasteiger partial charge is 0.220 e. The van der Waals surface area contributed by atoms with Crippen molar-refractivity contribution in [1.82, 2.24) is 10.3 Å². The van der Waals surface area contributed by atoms with Crippen LogP contribution in [0.25, 0.3) is 0 Å². The van der Waals surface area contributed by atoms with Crippen LogP contribution >= 0.6 is 11.6 Å². The number of hydrogen-bond donors (Lipinski definition) is 1. The van der Waals surface area contributed by atoms with Crippen LogP contribution < -0.4 is 5.32 Å². The lowest BCUT2D eigenvalue weighted by Crippen LogP contribution is -2.28. The van der Waals surface area contributed by atoms with E-state index in [9.17, 15) is 4.79 Å². The van der Waals surface area contributed by atoms with Crippen molar-refractivity contribution in [3.8, 4) is 0 Å². The minimum Gasteiger partial charge on any atom is -0.349 e. The maximum atomic E-state index is 12.3. The summed E-state index contributed by atoms with van der Waals surface area (Å²) in [5.41, 5.74) is 2.07. The Hall–Kier alpha value is -1.87. The molecule has 1 aromatic heterocycles. The Kier molecular flexibility index (Phi) is 7.08. The quantitative estimate of drug-likeness (QED) is 0.761. The van der Waals surface area contributed by atoms with Gasteiger partial charge in [-0.15, -0.1) is 0 Å². The van der Waals surface area contributed by atoms with E-state index in [0.717, 1.165) is 35.4 Å². The minimum absolute atomic E-state index is 0.0300. The number of benzene rings is 1. The molecule has 1 N–H and O–H groups in total. The molecule has 3 nitrogen and oxygen atoms in total. The fourth-order valence-electron chi connectivity index (χ4n) is 2.53. The Labute approximate surface area is 143 Å². The molecule has 1 atom stereocenters. The average Bonchev–Trinajstić information content (AvgIpc) is 2.58. The Morgan fingerprint density at radius 1 is 1.26 bits per heavy atom. The maximum Gasteiger partial charge on any atom is 0.220 e. The second-order valence-corrected chi connectivity index (χ2v) is 6.05. The summed E-state index contributed by atoms with van der Waals surface area (Å²) in [7, 11) is 0. The summed E-state index contributed by atoms with van der Waals surface area (Å²) in [6.45, 7) is 2.15. The largest absolute Gasteiger partial charge is 0.349 e. The van der Waals surface area contributed by atoms with Crippen molar-refractivity contribution in [1.29, 1.82) is 0 Å². The van der Waals surface area contributed by atoms with Gasteiger partial charge in [-0.3, -0.25) is 9.78 Å². The van der Waals surface area contributed by atoms with E-state index in [1.165, 1.54) is 0 Å². The molecule has 0 saturated carbocycles. The fourth-order valence-corrected chi connectivity index (χ4v) is 2.76. The van der Waals surface area contributed by atoms with E-state index in [0.29, 0.717) is 12.8 Å². The molecule has 4 heteroatoms. The van der Waals surface area contributed by atoms with Crippen LogP contribution in [0.5, 0.6) is 0 Å². The van der Waals surface area contributed by atoms with Crippen molar-refractivity contribution >= 4 is 17.5 Å². The molecule has 0 aliphatic carbocycles. The van der Waals surface area contributed by atoms with Crippen molar-refractivity contribution < 1.29 is 4.79 Å². The number of nitrogens with one attached hydrogen (secondary N) is 1. The minimum atomic E-state index is 0.0300. The number of nitrogens with zero attached hydrogens (tertiary/aromatic N) is 1. The van der Waals surface area contributed by atoms with E-state index in [2.05, 4.69) is 17.2 Å². The number of aromatic nitrogens is 1. The first-order chi connectivity index (χ1) is 11.2. The maximum absolute atomic E-state index is 12.3. The standard InChI is InChI=1S/C19H23ClN2O/c1-2-3-10-18(16-8-6-13-21-14-16)22-19(23)12-11-15-7-4-5-9-17(15)20/h4-9,13-14,18H,2-3,10-12H2,1H3,(H,22,23)/t18-/m0/s1. The predicted molar refractivity (Wildman–Crippen MR) is 94.4 cm³/mol. The molecule has 0 aliphatic rings. The van der Waals surface area contributed by atoms with Gasteiger partial charge in [-0.05, 0) is 36.1 Å². The summed E-state index contributed by atoms with van der Waals surface area (Å²) >= 11 is 6.14. The number of pyridine rings is 1. The van der Waals surface area contributed by atoms with Gasteiger partial charge in [0.05, 0.1) is 6.04 Å². The summed E-state index contributed by atoms with van der Waals surface area (Å²) in [5.74, 6) is 0.0508. The molecule has 2 rings (SSSR count). The third-order valence-electron chi connectivity index (χ3n) is 3.85. The molecule has 1 heterocycles. The van der Waals surface area contributed by atoms with E-state index >= 15 is 0 Å². The number of unbranched alkanes of at least 4 members (excludes halogenated alkanes) is 1. The molecule has 122 valence electrons. The summed E-state index contributed by atoms with van der Waals surface area (Å²) in [6.07, 6.45) is 7.77. The number of aryl methyl sites for hydroxylation is 1. The van der Waals surface area contributed by atoms with Crippen molar-refractivity contribution in [3.05, 3.63) is 64.9 Å². The molecule has 0 bridgehead atoms. The second kappa shape index (κ2) is 9.31. The summed E-state index contributed by atoms with van der Waals surface area (Å²) in [5, 5.41) is 3.85. The molecule has 0 unspecified atom stereocenters. The Bertz CT molecular complexity index is 616. The number of hydrogen-bond acceptors (Lipinski definition) is 2. The molecule has 0 fully saturated rings. The topological polar surface area (TPSA) is 42.0 Å². The highest BCUT2D eigenvalue weighted by atomic mass is 35.5. The van der Waals surface area contributed by atoms with Gasteiger partial charge in [-0.2, -0.15) is 0 Å². The first kappa shape index (κ1) is 17.5. The van der Waals surface area contributed by atoms with Gasteiger partial charge in [0, 0.05) is 23.8 Å². The lowest BCUT2D eigenvalue weighted by molar-refractivity contribution is -0.121. The van der Waals surface area contributed by atoms with Gasteiger partial charge in [0.15, 0.2) is 0 Å². The van der Waals surface area contributed by atoms with Crippen molar-refractivity contribution in [2.75, 3.05) is 0 Å². The number of amides is 1. The summed E-state index contributed by atoms with van der Waals surface area (Å²) < 4.78 is 0. The van der Waals surface area contributed by atoms with E-state index in [1.807, 2.05) is 42.6 Å². The SMILES string of the molecule is CCCC[C@H](NC(=O)CCc1ccccc1Cl)c1cccnc1. The molecular weight excluding hydrogens is 308 g/mol. The molecule has 0 saturated heterocycles. The fraction of sp³-hybridized carbons (Fsp3) is 0.368. The molecule has 2 aromatic rings. The van der Waals surface area contributed by atoms with Crippen molar-refractivity contribution in [2.24, 2.45) is 0 Å². The van der Waals surface area contributed by atoms with Crippen LogP contribution in [0.15, 0.2) is 48.8 Å². The highest BCUT2D eigenvalue weighted by Crippen LogP contribution is 2.20. The lowest BCUT2D eigenvalue weighted by Gasteiger charge is -2.19. The number of rotatable bonds is 8. The Morgan fingerprint density at radius 3 is 2.78 bits per heavy atom. The Morgan fingerprint density at radius 2 is 2.09 bits per heavy atom. The summed E-state index contributed by atoms with van der Waals surface area (Å²) in [6, 6.07) is 11.6. The molecule has 1 aromatic carbocycles. The third kappa shape index (κ3) is 5.68. The van der Waals surface area contributed by atoms with Crippen molar-refractivity contribution in [3.63, 3.8) is 0 Å². The third-order valence-corrected chi connectivity index (χ3v) is 4.22. The molecular formula is C19H23ClN2O. The van der Waals surface area contributed by atoms with E-state index in [1.54, 1.807) is 6.20 Å². The van der Waals surface area contributed by atoms with E-state index in [-0.39, 0.29) is 11.9 Å². The monoisotopic (exact) mass is 330 g/mol. The molecule has 23 heavy (non-hydrogen) atoms. The zero-order chi connectivity index (χ0) is 16.5. The predicted octanol–water partition coefficient (Wildman–Crippen LogP) is 4.72. The molecule has 0 spiro atoms. The molecule has 0 radical (unpaired) electrons. The van der Waals surface area contributed by atoms with Crippen LogP contribution in [0.4, 0.5) is 0 Å². The zero-order valence-electron chi connectivity index (χ0n) is 13.5. The van der Waals surface area contributed by atoms with Crippen LogP contribution in [-0.2, 0) is 11.2 Å². The van der Waals surface area contributed by atoms with Gasteiger partial charge in [0.2, 0.25) is 5.91 Å². The lowest BCUT2D eigenvalue weighted by atomic mass is 10.0. The van der Waals surface area contributed by atoms with Gasteiger partial charge in [-0.25, -0.2) is 0 Å². The Balaban J connectivity index is 1.93. The van der Waals surface area contributed by atoms with Crippen LogP contribution in [0.3, 0.4) is 0 Å². The van der Waals surface area contributed by atoms with E-state index < -0.39 is 0 Å². The van der Waals surface area contributed by atoms with Crippen molar-refractivity contribution in [2.45, 2.75) is 45.1 Å².